The number of hydrogen-bond acceptors (Lipinski definition) is 3. The van der Waals surface area contributed by atoms with Crippen LogP contribution in [0.1, 0.15) is 15.9 Å². The summed E-state index contributed by atoms with van der Waals surface area (Å²) in [5, 5.41) is 0. The number of methoxy groups -OCH3 is 1. The number of carbonyl (C=O) groups is 1. The van der Waals surface area contributed by atoms with Crippen LogP contribution in [0.15, 0.2) is 48.5 Å². The van der Waals surface area contributed by atoms with Crippen molar-refractivity contribution >= 4 is 11.5 Å². The molecule has 0 unspecified atom stereocenters. The smallest absolute Gasteiger partial charge is 0.167 e. The van der Waals surface area contributed by atoms with Gasteiger partial charge in [0, 0.05) is 17.7 Å². The molecular formula is C15H15NO2. The molecule has 2 N–H and O–H groups in total. The monoisotopic (exact) mass is 241 g/mol. The van der Waals surface area contributed by atoms with Gasteiger partial charge < -0.3 is 10.5 Å². The zero-order valence-corrected chi connectivity index (χ0v) is 10.2. The van der Waals surface area contributed by atoms with Gasteiger partial charge in [0.2, 0.25) is 0 Å². The highest BCUT2D eigenvalue weighted by Crippen LogP contribution is 2.15. The topological polar surface area (TPSA) is 52.3 Å². The fraction of sp³-hybridized carbons (Fsp3) is 0.133. The minimum Gasteiger partial charge on any atom is -0.497 e. The lowest BCUT2D eigenvalue weighted by molar-refractivity contribution is 0.0992. The number of ketones is 1. The SMILES string of the molecule is COc1cccc(C(=O)Cc2ccc(N)cc2)c1. The molecule has 0 aliphatic carbocycles. The molecule has 3 heteroatoms. The molecule has 0 radical (unpaired) electrons. The summed E-state index contributed by atoms with van der Waals surface area (Å²) in [5.74, 6) is 0.761. The first kappa shape index (κ1) is 12.2. The highest BCUT2D eigenvalue weighted by atomic mass is 16.5. The van der Waals surface area contributed by atoms with E-state index in [1.165, 1.54) is 0 Å². The number of nitrogens with two attached hydrogens (primary N) is 1. The number of Topliss-reactive ketones (excluding diaryl/α,β-unsaturated/α-hetero) is 1. The van der Waals surface area contributed by atoms with E-state index in [9.17, 15) is 4.79 Å². The first-order valence-electron chi connectivity index (χ1n) is 5.71. The molecule has 0 aliphatic heterocycles. The Morgan fingerprint density at radius 1 is 1.17 bits per heavy atom. The Morgan fingerprint density at radius 2 is 1.89 bits per heavy atom. The van der Waals surface area contributed by atoms with Crippen LogP contribution in [0.4, 0.5) is 5.69 Å². The van der Waals surface area contributed by atoms with Gasteiger partial charge in [0.05, 0.1) is 7.11 Å². The molecule has 2 aromatic carbocycles. The summed E-state index contributed by atoms with van der Waals surface area (Å²) in [6.45, 7) is 0. The molecule has 0 bridgehead atoms. The normalized spacial score (nSPS) is 10.1. The van der Waals surface area contributed by atoms with Crippen LogP contribution in [0.5, 0.6) is 5.75 Å². The first-order valence-corrected chi connectivity index (χ1v) is 5.71. The third-order valence-electron chi connectivity index (χ3n) is 2.74. The van der Waals surface area contributed by atoms with Crippen molar-refractivity contribution in [2.75, 3.05) is 12.8 Å². The van der Waals surface area contributed by atoms with E-state index in [1.807, 2.05) is 24.3 Å². The van der Waals surface area contributed by atoms with Crippen molar-refractivity contribution in [3.05, 3.63) is 59.7 Å². The number of benzene rings is 2. The van der Waals surface area contributed by atoms with E-state index in [0.717, 1.165) is 5.56 Å². The van der Waals surface area contributed by atoms with Gasteiger partial charge in [-0.05, 0) is 29.8 Å². The molecule has 0 saturated carbocycles. The van der Waals surface area contributed by atoms with E-state index in [-0.39, 0.29) is 5.78 Å². The van der Waals surface area contributed by atoms with E-state index in [2.05, 4.69) is 0 Å². The average Bonchev–Trinajstić information content (AvgIpc) is 2.41. The maximum absolute atomic E-state index is 12.1. The fourth-order valence-electron chi connectivity index (χ4n) is 1.72. The van der Waals surface area contributed by atoms with Crippen molar-refractivity contribution in [2.24, 2.45) is 0 Å². The Bertz CT molecular complexity index is 547. The molecule has 0 spiro atoms. The summed E-state index contributed by atoms with van der Waals surface area (Å²) < 4.78 is 5.10. The van der Waals surface area contributed by atoms with E-state index in [1.54, 1.807) is 31.4 Å². The molecule has 3 nitrogen and oxygen atoms in total. The van der Waals surface area contributed by atoms with Crippen LogP contribution in [0.2, 0.25) is 0 Å². The van der Waals surface area contributed by atoms with Gasteiger partial charge in [-0.25, -0.2) is 0 Å². The molecular weight excluding hydrogens is 226 g/mol. The molecule has 2 aromatic rings. The van der Waals surface area contributed by atoms with Gasteiger partial charge in [0.1, 0.15) is 5.75 Å². The lowest BCUT2D eigenvalue weighted by Crippen LogP contribution is -2.03. The van der Waals surface area contributed by atoms with Crippen LogP contribution in [0.25, 0.3) is 0 Å². The molecule has 0 fully saturated rings. The molecule has 92 valence electrons. The molecule has 0 amide bonds. The lowest BCUT2D eigenvalue weighted by Gasteiger charge is -2.04. The van der Waals surface area contributed by atoms with Crippen molar-refractivity contribution in [1.29, 1.82) is 0 Å². The molecule has 0 atom stereocenters. The maximum atomic E-state index is 12.1. The number of hydrogen-bond donors (Lipinski definition) is 1. The van der Waals surface area contributed by atoms with Gasteiger partial charge in [0.25, 0.3) is 0 Å². The largest absolute Gasteiger partial charge is 0.497 e. The van der Waals surface area contributed by atoms with Crippen LogP contribution < -0.4 is 10.5 Å². The van der Waals surface area contributed by atoms with Gasteiger partial charge in [-0.2, -0.15) is 0 Å². The van der Waals surface area contributed by atoms with Gasteiger partial charge in [-0.1, -0.05) is 24.3 Å². The Kier molecular flexibility index (Phi) is 3.63. The standard InChI is InChI=1S/C15H15NO2/c1-18-14-4-2-3-12(10-14)15(17)9-11-5-7-13(16)8-6-11/h2-8,10H,9,16H2,1H3. The average molecular weight is 241 g/mol. The molecule has 0 saturated heterocycles. The second-order valence-corrected chi connectivity index (χ2v) is 4.07. The first-order chi connectivity index (χ1) is 8.69. The lowest BCUT2D eigenvalue weighted by atomic mass is 10.0. The van der Waals surface area contributed by atoms with Gasteiger partial charge in [-0.3, -0.25) is 4.79 Å². The molecule has 0 aliphatic rings. The highest BCUT2D eigenvalue weighted by molar-refractivity contribution is 5.97. The van der Waals surface area contributed by atoms with Gasteiger partial charge >= 0.3 is 0 Å². The van der Waals surface area contributed by atoms with Crippen molar-refractivity contribution < 1.29 is 9.53 Å². The Morgan fingerprint density at radius 3 is 2.56 bits per heavy atom. The van der Waals surface area contributed by atoms with E-state index in [4.69, 9.17) is 10.5 Å². The number of rotatable bonds is 4. The third kappa shape index (κ3) is 2.88. The minimum absolute atomic E-state index is 0.0682. The summed E-state index contributed by atoms with van der Waals surface area (Å²) in [6, 6.07) is 14.5. The van der Waals surface area contributed by atoms with E-state index in [0.29, 0.717) is 23.4 Å². The van der Waals surface area contributed by atoms with Gasteiger partial charge in [-0.15, -0.1) is 0 Å². The number of carbonyl (C=O) groups excluding carboxylic acids is 1. The van der Waals surface area contributed by atoms with E-state index < -0.39 is 0 Å². The third-order valence-corrected chi connectivity index (χ3v) is 2.74. The Hall–Kier alpha value is -2.29. The van der Waals surface area contributed by atoms with Crippen molar-refractivity contribution in [1.82, 2.24) is 0 Å². The molecule has 18 heavy (non-hydrogen) atoms. The number of anilines is 1. The van der Waals surface area contributed by atoms with Crippen molar-refractivity contribution in [2.45, 2.75) is 6.42 Å². The maximum Gasteiger partial charge on any atom is 0.167 e. The van der Waals surface area contributed by atoms with Crippen LogP contribution in [0.3, 0.4) is 0 Å². The van der Waals surface area contributed by atoms with Crippen molar-refractivity contribution in [3.63, 3.8) is 0 Å². The second kappa shape index (κ2) is 5.36. The van der Waals surface area contributed by atoms with Gasteiger partial charge in [0.15, 0.2) is 5.78 Å². The predicted octanol–water partition coefficient (Wildman–Crippen LogP) is 2.70. The summed E-state index contributed by atoms with van der Waals surface area (Å²) in [4.78, 5) is 12.1. The molecule has 0 heterocycles. The summed E-state index contributed by atoms with van der Waals surface area (Å²) in [7, 11) is 1.59. The Balaban J connectivity index is 2.14. The molecule has 0 aromatic heterocycles. The van der Waals surface area contributed by atoms with Crippen LogP contribution >= 0.6 is 0 Å². The summed E-state index contributed by atoms with van der Waals surface area (Å²) in [5.41, 5.74) is 7.92. The van der Waals surface area contributed by atoms with Crippen LogP contribution in [0, 0.1) is 0 Å². The predicted molar refractivity (Wildman–Crippen MR) is 71.9 cm³/mol. The summed E-state index contributed by atoms with van der Waals surface area (Å²) >= 11 is 0. The highest BCUT2D eigenvalue weighted by Gasteiger charge is 2.07. The number of ether oxygens (including phenoxy) is 1. The summed E-state index contributed by atoms with van der Waals surface area (Å²) in [6.07, 6.45) is 0.368. The van der Waals surface area contributed by atoms with Crippen LogP contribution in [-0.2, 0) is 6.42 Å². The Labute approximate surface area is 106 Å². The molecule has 2 rings (SSSR count). The number of nitrogen functional groups attached to an aromatic ring is 1. The van der Waals surface area contributed by atoms with Crippen molar-refractivity contribution in [3.8, 4) is 5.75 Å². The van der Waals surface area contributed by atoms with Crippen LogP contribution in [-0.4, -0.2) is 12.9 Å². The van der Waals surface area contributed by atoms with E-state index >= 15 is 0 Å². The second-order valence-electron chi connectivity index (χ2n) is 4.07. The zero-order valence-electron chi connectivity index (χ0n) is 10.2. The fourth-order valence-corrected chi connectivity index (χ4v) is 1.72. The minimum atomic E-state index is 0.0682. The quantitative estimate of drug-likeness (QED) is 0.661. The zero-order chi connectivity index (χ0) is 13.0.